The summed E-state index contributed by atoms with van der Waals surface area (Å²) >= 11 is 2.37. The van der Waals surface area contributed by atoms with Crippen molar-refractivity contribution in [2.45, 2.75) is 31.2 Å². The molecule has 142 valence electrons. The number of carbonyl (C=O) groups excluding carboxylic acids is 1. The number of fused-ring (bicyclic) bond motifs is 1. The maximum absolute atomic E-state index is 12.3. The Balaban J connectivity index is 1.81. The number of nitrogens with one attached hydrogen (secondary N) is 2. The largest absolute Gasteiger partial charge is 0.488 e. The third-order valence-electron chi connectivity index (χ3n) is 3.77. The van der Waals surface area contributed by atoms with Crippen molar-refractivity contribution in [2.24, 2.45) is 5.73 Å². The van der Waals surface area contributed by atoms with Gasteiger partial charge < -0.3 is 20.4 Å². The number of thioether (sulfide) groups is 1. The number of ether oxygens (including phenoxy) is 1. The number of pyridine rings is 1. The highest BCUT2D eigenvalue weighted by atomic mass is 32.2. The van der Waals surface area contributed by atoms with E-state index in [0.717, 1.165) is 17.8 Å². The standard InChI is InChI=1S/C17H18N4O4S2/c1-3-4-25-11-6-19-9(5-10(11)22)7-26-17-20-15(24)12-8(2)13(14(18)23)27-16(12)21-17/h5-6H,3-4,7H2,1-2H3,(H2,18,23)(H,19,22)(H,20,21,24). The van der Waals surface area contributed by atoms with E-state index in [1.807, 2.05) is 6.92 Å². The molecule has 0 bridgehead atoms. The quantitative estimate of drug-likeness (QED) is 0.407. The van der Waals surface area contributed by atoms with Crippen molar-refractivity contribution in [1.29, 1.82) is 0 Å². The highest BCUT2D eigenvalue weighted by Gasteiger charge is 2.17. The summed E-state index contributed by atoms with van der Waals surface area (Å²) in [5.74, 6) is 0.115. The van der Waals surface area contributed by atoms with Crippen molar-refractivity contribution >= 4 is 39.2 Å². The topological polar surface area (TPSA) is 131 Å². The van der Waals surface area contributed by atoms with Gasteiger partial charge in [0, 0.05) is 23.7 Å². The number of amides is 1. The van der Waals surface area contributed by atoms with E-state index in [0.29, 0.717) is 43.9 Å². The minimum Gasteiger partial charge on any atom is -0.488 e. The van der Waals surface area contributed by atoms with Gasteiger partial charge in [-0.05, 0) is 18.9 Å². The Kier molecular flexibility index (Phi) is 5.66. The zero-order valence-corrected chi connectivity index (χ0v) is 16.4. The molecule has 3 aromatic rings. The van der Waals surface area contributed by atoms with Crippen molar-refractivity contribution < 1.29 is 9.53 Å². The molecule has 10 heteroatoms. The van der Waals surface area contributed by atoms with Gasteiger partial charge in [-0.25, -0.2) is 4.98 Å². The monoisotopic (exact) mass is 406 g/mol. The van der Waals surface area contributed by atoms with Gasteiger partial charge in [0.15, 0.2) is 10.9 Å². The molecule has 0 saturated carbocycles. The van der Waals surface area contributed by atoms with Gasteiger partial charge in [0.1, 0.15) is 4.83 Å². The minimum atomic E-state index is -0.577. The molecule has 0 fully saturated rings. The predicted molar refractivity (Wildman–Crippen MR) is 106 cm³/mol. The van der Waals surface area contributed by atoms with Crippen LogP contribution in [0.5, 0.6) is 5.75 Å². The van der Waals surface area contributed by atoms with Gasteiger partial charge >= 0.3 is 0 Å². The summed E-state index contributed by atoms with van der Waals surface area (Å²) < 4.78 is 5.35. The van der Waals surface area contributed by atoms with Crippen LogP contribution in [-0.4, -0.2) is 27.5 Å². The fourth-order valence-corrected chi connectivity index (χ4v) is 4.35. The number of nitrogens with zero attached hydrogens (tertiary/aromatic N) is 1. The third kappa shape index (κ3) is 4.06. The average Bonchev–Trinajstić information content (AvgIpc) is 2.96. The number of thiophene rings is 1. The second-order valence-corrected chi connectivity index (χ2v) is 7.76. The van der Waals surface area contributed by atoms with Crippen LogP contribution in [0.2, 0.25) is 0 Å². The van der Waals surface area contributed by atoms with Gasteiger partial charge in [-0.15, -0.1) is 11.3 Å². The van der Waals surface area contributed by atoms with Crippen LogP contribution >= 0.6 is 23.1 Å². The van der Waals surface area contributed by atoms with Crippen LogP contribution in [0, 0.1) is 6.92 Å². The molecule has 3 heterocycles. The lowest BCUT2D eigenvalue weighted by Gasteiger charge is -2.05. The molecule has 0 saturated heterocycles. The first kappa shape index (κ1) is 19.2. The molecule has 0 radical (unpaired) electrons. The summed E-state index contributed by atoms with van der Waals surface area (Å²) in [6, 6.07) is 1.47. The van der Waals surface area contributed by atoms with Gasteiger partial charge in [0.25, 0.3) is 11.5 Å². The van der Waals surface area contributed by atoms with Crippen LogP contribution in [0.3, 0.4) is 0 Å². The maximum Gasteiger partial charge on any atom is 0.260 e. The Labute approximate surface area is 162 Å². The molecule has 3 aromatic heterocycles. The number of H-pyrrole nitrogens is 2. The van der Waals surface area contributed by atoms with Crippen molar-refractivity contribution in [3.05, 3.63) is 49.0 Å². The summed E-state index contributed by atoms with van der Waals surface area (Å²) in [4.78, 5) is 46.7. The fraction of sp³-hybridized carbons (Fsp3) is 0.294. The van der Waals surface area contributed by atoms with E-state index in [-0.39, 0.29) is 16.7 Å². The van der Waals surface area contributed by atoms with E-state index in [1.54, 1.807) is 6.92 Å². The van der Waals surface area contributed by atoms with Gasteiger partial charge in [0.2, 0.25) is 5.43 Å². The van der Waals surface area contributed by atoms with Crippen molar-refractivity contribution in [1.82, 2.24) is 15.0 Å². The fourth-order valence-electron chi connectivity index (χ4n) is 2.48. The summed E-state index contributed by atoms with van der Waals surface area (Å²) in [6.07, 6.45) is 2.35. The van der Waals surface area contributed by atoms with Gasteiger partial charge in [-0.1, -0.05) is 18.7 Å². The molecule has 0 unspecified atom stereocenters. The summed E-state index contributed by atoms with van der Waals surface area (Å²) in [5, 5.41) is 0.779. The van der Waals surface area contributed by atoms with Crippen LogP contribution in [-0.2, 0) is 5.75 Å². The van der Waals surface area contributed by atoms with Crippen molar-refractivity contribution in [3.63, 3.8) is 0 Å². The number of aryl methyl sites for hydroxylation is 1. The van der Waals surface area contributed by atoms with E-state index < -0.39 is 5.91 Å². The lowest BCUT2D eigenvalue weighted by molar-refractivity contribution is 0.100. The van der Waals surface area contributed by atoms with Crippen LogP contribution in [0.25, 0.3) is 10.2 Å². The highest BCUT2D eigenvalue weighted by Crippen LogP contribution is 2.28. The van der Waals surface area contributed by atoms with E-state index in [2.05, 4.69) is 15.0 Å². The number of primary amides is 1. The molecule has 0 aliphatic rings. The summed E-state index contributed by atoms with van der Waals surface area (Å²) in [5.41, 5.74) is 6.04. The van der Waals surface area contributed by atoms with E-state index in [1.165, 1.54) is 24.0 Å². The Morgan fingerprint density at radius 2 is 2.19 bits per heavy atom. The van der Waals surface area contributed by atoms with E-state index in [4.69, 9.17) is 10.5 Å². The first-order chi connectivity index (χ1) is 12.9. The summed E-state index contributed by atoms with van der Waals surface area (Å²) in [7, 11) is 0. The Morgan fingerprint density at radius 3 is 2.85 bits per heavy atom. The number of nitrogens with two attached hydrogens (primary N) is 1. The molecule has 0 aromatic carbocycles. The molecular weight excluding hydrogens is 388 g/mol. The molecule has 1 amide bonds. The van der Waals surface area contributed by atoms with Gasteiger partial charge in [-0.3, -0.25) is 14.4 Å². The Morgan fingerprint density at radius 1 is 1.41 bits per heavy atom. The van der Waals surface area contributed by atoms with Crippen LogP contribution in [0.4, 0.5) is 0 Å². The second kappa shape index (κ2) is 7.97. The second-order valence-electron chi connectivity index (χ2n) is 5.80. The van der Waals surface area contributed by atoms with Crippen LogP contribution in [0.15, 0.2) is 27.0 Å². The molecule has 0 aliphatic heterocycles. The highest BCUT2D eigenvalue weighted by molar-refractivity contribution is 7.98. The minimum absolute atomic E-state index is 0.199. The average molecular weight is 406 g/mol. The molecular formula is C17H18N4O4S2. The lowest BCUT2D eigenvalue weighted by atomic mass is 10.2. The van der Waals surface area contributed by atoms with Crippen LogP contribution in [0.1, 0.15) is 34.3 Å². The number of rotatable bonds is 7. The smallest absolute Gasteiger partial charge is 0.260 e. The summed E-state index contributed by atoms with van der Waals surface area (Å²) in [6.45, 7) is 4.12. The van der Waals surface area contributed by atoms with Gasteiger partial charge in [0.05, 0.1) is 16.9 Å². The van der Waals surface area contributed by atoms with E-state index in [9.17, 15) is 14.4 Å². The first-order valence-electron chi connectivity index (χ1n) is 8.21. The van der Waals surface area contributed by atoms with Crippen LogP contribution < -0.4 is 21.5 Å². The zero-order valence-electron chi connectivity index (χ0n) is 14.8. The number of aromatic amines is 2. The third-order valence-corrected chi connectivity index (χ3v) is 5.89. The number of carbonyl (C=O) groups is 1. The van der Waals surface area contributed by atoms with Gasteiger partial charge in [-0.2, -0.15) is 0 Å². The molecule has 0 aliphatic carbocycles. The number of aromatic nitrogens is 3. The van der Waals surface area contributed by atoms with E-state index >= 15 is 0 Å². The normalized spacial score (nSPS) is 11.0. The molecule has 27 heavy (non-hydrogen) atoms. The van der Waals surface area contributed by atoms with Crippen molar-refractivity contribution in [3.8, 4) is 5.75 Å². The Hall–Kier alpha value is -2.59. The molecule has 0 spiro atoms. The SMILES string of the molecule is CCCOc1c[nH]c(CSc2nc3sc(C(N)=O)c(C)c3c(=O)[nH]2)cc1=O. The molecule has 3 rings (SSSR count). The number of hydrogen-bond donors (Lipinski definition) is 3. The lowest BCUT2D eigenvalue weighted by Crippen LogP contribution is -2.12. The maximum atomic E-state index is 12.3. The zero-order chi connectivity index (χ0) is 19.6. The molecule has 4 N–H and O–H groups in total. The predicted octanol–water partition coefficient (Wildman–Crippen LogP) is 2.16. The first-order valence-corrected chi connectivity index (χ1v) is 10.0. The van der Waals surface area contributed by atoms with Crippen molar-refractivity contribution in [2.75, 3.05) is 6.61 Å². The number of hydrogen-bond acceptors (Lipinski definition) is 7. The molecule has 0 atom stereocenters. The Bertz CT molecular complexity index is 1120. The molecule has 8 nitrogen and oxygen atoms in total.